The van der Waals surface area contributed by atoms with E-state index < -0.39 is 16.2 Å². The molecule has 0 saturated carbocycles. The number of hydrogen-bond donors (Lipinski definition) is 0. The normalized spacial score (nSPS) is 9.78. The van der Waals surface area contributed by atoms with Crippen molar-refractivity contribution >= 4 is 35.5 Å². The molecule has 0 fully saturated rings. The van der Waals surface area contributed by atoms with Gasteiger partial charge < -0.3 is 0 Å². The van der Waals surface area contributed by atoms with E-state index in [0.717, 1.165) is 6.92 Å². The van der Waals surface area contributed by atoms with E-state index in [1.54, 1.807) is 0 Å². The molecule has 0 atom stereocenters. The summed E-state index contributed by atoms with van der Waals surface area (Å²) in [4.78, 5) is 9.65. The van der Waals surface area contributed by atoms with Crippen LogP contribution < -0.4 is 14.0 Å². The van der Waals surface area contributed by atoms with E-state index in [0.29, 0.717) is 0 Å². The van der Waals surface area contributed by atoms with Crippen molar-refractivity contribution in [2.45, 2.75) is 6.92 Å². The van der Waals surface area contributed by atoms with E-state index in [-0.39, 0.29) is 29.6 Å². The Bertz CT molecular complexity index is 97.6. The summed E-state index contributed by atoms with van der Waals surface area (Å²) in [6.45, 7) is 0.822. The molecule has 0 aliphatic carbocycles. The van der Waals surface area contributed by atoms with Gasteiger partial charge in [0.25, 0.3) is 0 Å². The second kappa shape index (κ2) is 4.45. The Kier molecular flexibility index (Phi) is 6.10. The molecule has 0 aromatic heterocycles. The van der Waals surface area contributed by atoms with Crippen LogP contribution in [0.25, 0.3) is 0 Å². The molecule has 0 aromatic rings. The van der Waals surface area contributed by atoms with Gasteiger partial charge in [0.1, 0.15) is 10.2 Å². The zero-order valence-electron chi connectivity index (χ0n) is 3.92. The van der Waals surface area contributed by atoms with Crippen molar-refractivity contribution in [3.8, 4) is 0 Å². The third-order valence-corrected chi connectivity index (χ3v) is 0.609. The van der Waals surface area contributed by atoms with Crippen molar-refractivity contribution in [1.82, 2.24) is 0 Å². The average Bonchev–Trinajstić information content (AvgIpc) is 1.21. The fourth-order valence-corrected chi connectivity index (χ4v) is 0.399. The maximum atomic E-state index is 9.65. The Balaban J connectivity index is 0. The van der Waals surface area contributed by atoms with Crippen molar-refractivity contribution in [2.75, 3.05) is 0 Å². The first-order valence-electron chi connectivity index (χ1n) is 1.53. The van der Waals surface area contributed by atoms with E-state index >= 15 is 0 Å². The van der Waals surface area contributed by atoms with Crippen molar-refractivity contribution in [3.63, 3.8) is 0 Å². The van der Waals surface area contributed by atoms with Gasteiger partial charge in [-0.15, -0.1) is 0 Å². The molecule has 0 N–H and O–H groups in total. The van der Waals surface area contributed by atoms with Crippen molar-refractivity contribution in [1.29, 1.82) is 0 Å². The summed E-state index contributed by atoms with van der Waals surface area (Å²) in [7, 11) is -4.57. The molecule has 7 heteroatoms. The molecule has 0 aliphatic rings. The first-order chi connectivity index (χ1) is 3.42. The van der Waals surface area contributed by atoms with Gasteiger partial charge >= 0.3 is 35.5 Å². The molecule has 0 rings (SSSR count). The Morgan fingerprint density at radius 2 is 1.78 bits per heavy atom. The van der Waals surface area contributed by atoms with Gasteiger partial charge in [0.2, 0.25) is 0 Å². The van der Waals surface area contributed by atoms with Crippen molar-refractivity contribution in [3.05, 3.63) is 0 Å². The summed E-state index contributed by atoms with van der Waals surface area (Å²) in [5, 5.41) is 0. The SMILES string of the molecule is CC(=O)O[Cl+3]([O-])([O-])[O-].[NaH]. The van der Waals surface area contributed by atoms with Crippen LogP contribution >= 0.6 is 0 Å². The van der Waals surface area contributed by atoms with Gasteiger partial charge in [-0.3, -0.25) is 0 Å². The number of carbonyl (C=O) groups is 1. The van der Waals surface area contributed by atoms with Gasteiger partial charge in [-0.05, 0) is 4.29 Å². The molecule has 0 bridgehead atoms. The zero-order valence-corrected chi connectivity index (χ0v) is 4.68. The molecule has 0 heterocycles. The van der Waals surface area contributed by atoms with E-state index in [9.17, 15) is 18.8 Å². The molecule has 5 nitrogen and oxygen atoms in total. The van der Waals surface area contributed by atoms with Gasteiger partial charge in [0.15, 0.2) is 0 Å². The van der Waals surface area contributed by atoms with Gasteiger partial charge in [-0.25, -0.2) is 4.79 Å². The Morgan fingerprint density at radius 3 is 1.78 bits per heavy atom. The fraction of sp³-hybridized carbons (Fsp3) is 0.500. The molecule has 0 aliphatic heterocycles. The quantitative estimate of drug-likeness (QED) is 0.368. The predicted molar refractivity (Wildman–Crippen MR) is 18.9 cm³/mol. The Morgan fingerprint density at radius 1 is 1.44 bits per heavy atom. The third kappa shape index (κ3) is 12.0. The van der Waals surface area contributed by atoms with Crippen LogP contribution in [-0.2, 0) is 9.08 Å². The number of halogens is 1. The summed E-state index contributed by atoms with van der Waals surface area (Å²) in [5.74, 6) is -1.14. The van der Waals surface area contributed by atoms with E-state index in [1.165, 1.54) is 0 Å². The summed E-state index contributed by atoms with van der Waals surface area (Å²) < 4.78 is 31.4. The first-order valence-corrected chi connectivity index (χ1v) is 2.76. The molecular formula is C2H4ClNaO5. The number of hydrogen-bond acceptors (Lipinski definition) is 5. The van der Waals surface area contributed by atoms with Gasteiger partial charge in [0.05, 0.1) is 6.92 Å². The fourth-order valence-electron chi connectivity index (χ4n) is 0.133. The first kappa shape index (κ1) is 12.3. The Hall–Kier alpha value is 0.640. The Labute approximate surface area is 75.6 Å². The molecular weight excluding hydrogens is 162 g/mol. The van der Waals surface area contributed by atoms with Crippen molar-refractivity contribution < 1.29 is 33.3 Å². The van der Waals surface area contributed by atoms with Crippen LogP contribution in [0.2, 0.25) is 0 Å². The van der Waals surface area contributed by atoms with Crippen LogP contribution in [0, 0.1) is 10.2 Å². The minimum absolute atomic E-state index is 0. The van der Waals surface area contributed by atoms with E-state index in [1.807, 2.05) is 0 Å². The molecule has 0 saturated heterocycles. The monoisotopic (exact) mass is 166 g/mol. The molecule has 0 spiro atoms. The summed E-state index contributed by atoms with van der Waals surface area (Å²) in [5.41, 5.74) is 0. The van der Waals surface area contributed by atoms with Crippen LogP contribution in [0.5, 0.6) is 0 Å². The van der Waals surface area contributed by atoms with Gasteiger partial charge in [-0.1, -0.05) is 0 Å². The standard InChI is InChI=1S/C2H3ClO5.Na.H/c1-2(4)8-3(5,6)7;;/h1H3;;. The molecule has 0 radical (unpaired) electrons. The second-order valence-electron chi connectivity index (χ2n) is 0.947. The number of carbonyl (C=O) groups excluding carboxylic acids is 1. The van der Waals surface area contributed by atoms with Crippen molar-refractivity contribution in [2.24, 2.45) is 0 Å². The summed E-state index contributed by atoms with van der Waals surface area (Å²) in [6.07, 6.45) is 0. The van der Waals surface area contributed by atoms with E-state index in [4.69, 9.17) is 0 Å². The second-order valence-corrected chi connectivity index (χ2v) is 1.86. The van der Waals surface area contributed by atoms with Crippen LogP contribution in [0.4, 0.5) is 0 Å². The topological polar surface area (TPSA) is 95.5 Å². The maximum absolute atomic E-state index is 9.65. The zero-order chi connectivity index (χ0) is 6.78. The minimum atomic E-state index is -4.57. The molecule has 9 heavy (non-hydrogen) atoms. The molecule has 0 amide bonds. The molecule has 50 valence electrons. The van der Waals surface area contributed by atoms with Gasteiger partial charge in [-0.2, -0.15) is 14.0 Å². The van der Waals surface area contributed by atoms with Gasteiger partial charge in [0, 0.05) is 0 Å². The van der Waals surface area contributed by atoms with Crippen LogP contribution in [0.1, 0.15) is 6.92 Å². The third-order valence-electron chi connectivity index (χ3n) is 0.203. The summed E-state index contributed by atoms with van der Waals surface area (Å²) >= 11 is 0. The van der Waals surface area contributed by atoms with Crippen LogP contribution in [-0.4, -0.2) is 35.5 Å². The number of rotatable bonds is 1. The molecule has 0 aromatic carbocycles. The predicted octanol–water partition coefficient (Wildman–Crippen LogP) is -4.20. The van der Waals surface area contributed by atoms with E-state index in [2.05, 4.69) is 4.29 Å². The van der Waals surface area contributed by atoms with Crippen LogP contribution in [0.3, 0.4) is 0 Å². The average molecular weight is 166 g/mol. The van der Waals surface area contributed by atoms with Crippen LogP contribution in [0.15, 0.2) is 0 Å². The molecule has 0 unspecified atom stereocenters. The summed E-state index contributed by atoms with van der Waals surface area (Å²) in [6, 6.07) is 0.